The highest BCUT2D eigenvalue weighted by Crippen LogP contribution is 2.14. The molecular formula is C15H22N4. The van der Waals surface area contributed by atoms with Crippen LogP contribution in [0, 0.1) is 0 Å². The lowest BCUT2D eigenvalue weighted by atomic mass is 10.1. The van der Waals surface area contributed by atoms with Crippen LogP contribution in [0.25, 0.3) is 0 Å². The van der Waals surface area contributed by atoms with E-state index in [1.807, 2.05) is 23.1 Å². The fourth-order valence-electron chi connectivity index (χ4n) is 1.84. The van der Waals surface area contributed by atoms with Gasteiger partial charge in [-0.25, -0.2) is 0 Å². The van der Waals surface area contributed by atoms with Crippen LogP contribution in [0.5, 0.6) is 0 Å². The van der Waals surface area contributed by atoms with Crippen molar-refractivity contribution < 1.29 is 0 Å². The lowest BCUT2D eigenvalue weighted by Gasteiger charge is -2.18. The Labute approximate surface area is 114 Å². The van der Waals surface area contributed by atoms with Crippen molar-refractivity contribution in [3.63, 3.8) is 0 Å². The molecule has 0 bridgehead atoms. The highest BCUT2D eigenvalue weighted by atomic mass is 15.3. The number of hydrogen-bond acceptors (Lipinski definition) is 3. The van der Waals surface area contributed by atoms with Gasteiger partial charge in [0.05, 0.1) is 11.7 Å². The van der Waals surface area contributed by atoms with Gasteiger partial charge in [-0.2, -0.15) is 5.10 Å². The lowest BCUT2D eigenvalue weighted by Crippen LogP contribution is -2.22. The van der Waals surface area contributed by atoms with Crippen LogP contribution >= 0.6 is 0 Å². The minimum absolute atomic E-state index is 0.0349. The van der Waals surface area contributed by atoms with Gasteiger partial charge >= 0.3 is 0 Å². The van der Waals surface area contributed by atoms with Crippen LogP contribution in [0.1, 0.15) is 44.9 Å². The molecule has 0 aliphatic rings. The van der Waals surface area contributed by atoms with Crippen molar-refractivity contribution in [3.05, 3.63) is 48.0 Å². The summed E-state index contributed by atoms with van der Waals surface area (Å²) in [5.41, 5.74) is 2.43. The highest BCUT2D eigenvalue weighted by molar-refractivity contribution is 5.13. The Morgan fingerprint density at radius 3 is 2.68 bits per heavy atom. The smallest absolute Gasteiger partial charge is 0.0543 e. The third-order valence-corrected chi connectivity index (χ3v) is 3.12. The van der Waals surface area contributed by atoms with E-state index < -0.39 is 0 Å². The second-order valence-electron chi connectivity index (χ2n) is 5.85. The molecule has 0 spiro atoms. The topological polar surface area (TPSA) is 42.7 Å². The normalized spacial score (nSPS) is 13.5. The Hall–Kier alpha value is -1.68. The number of nitrogens with one attached hydrogen (secondary N) is 1. The minimum atomic E-state index is 0.0349. The molecule has 0 aromatic carbocycles. The number of nitrogens with zero attached hydrogens (tertiary/aromatic N) is 3. The van der Waals surface area contributed by atoms with Gasteiger partial charge in [0.1, 0.15) is 0 Å². The lowest BCUT2D eigenvalue weighted by molar-refractivity contribution is 0.355. The summed E-state index contributed by atoms with van der Waals surface area (Å²) in [5.74, 6) is 0. The van der Waals surface area contributed by atoms with Crippen molar-refractivity contribution in [2.75, 3.05) is 0 Å². The zero-order valence-corrected chi connectivity index (χ0v) is 12.1. The van der Waals surface area contributed by atoms with Crippen LogP contribution in [0.3, 0.4) is 0 Å². The summed E-state index contributed by atoms with van der Waals surface area (Å²) in [4.78, 5) is 4.14. The van der Waals surface area contributed by atoms with Crippen molar-refractivity contribution in [1.29, 1.82) is 0 Å². The number of aromatic nitrogens is 3. The van der Waals surface area contributed by atoms with E-state index in [1.54, 1.807) is 6.20 Å². The Morgan fingerprint density at radius 2 is 2.11 bits per heavy atom. The monoisotopic (exact) mass is 258 g/mol. The standard InChI is InChI=1S/C15H22N4/c1-12(14-6-5-7-16-10-14)17-8-13-9-18-19(11-13)15(2,3)4/h5-7,9-12,17H,8H2,1-4H3/t12-/m1/s1. The van der Waals surface area contributed by atoms with Gasteiger partial charge in [-0.1, -0.05) is 6.07 Å². The Balaban J connectivity index is 1.94. The van der Waals surface area contributed by atoms with Gasteiger partial charge in [0.15, 0.2) is 0 Å². The summed E-state index contributed by atoms with van der Waals surface area (Å²) in [5, 5.41) is 7.89. The van der Waals surface area contributed by atoms with Crippen molar-refractivity contribution in [2.45, 2.75) is 45.8 Å². The third kappa shape index (κ3) is 3.64. The van der Waals surface area contributed by atoms with Gasteiger partial charge < -0.3 is 5.32 Å². The first-order valence-electron chi connectivity index (χ1n) is 6.64. The van der Waals surface area contributed by atoms with Crippen LogP contribution in [-0.4, -0.2) is 14.8 Å². The Bertz CT molecular complexity index is 510. The molecule has 0 aliphatic carbocycles. The summed E-state index contributed by atoms with van der Waals surface area (Å²) in [7, 11) is 0. The Kier molecular flexibility index (Phi) is 4.00. The molecular weight excluding hydrogens is 236 g/mol. The molecule has 2 aromatic rings. The zero-order valence-electron chi connectivity index (χ0n) is 12.1. The van der Waals surface area contributed by atoms with Crippen LogP contribution in [0.2, 0.25) is 0 Å². The molecule has 2 aromatic heterocycles. The fraction of sp³-hybridized carbons (Fsp3) is 0.467. The van der Waals surface area contributed by atoms with Crippen LogP contribution < -0.4 is 5.32 Å². The summed E-state index contributed by atoms with van der Waals surface area (Å²) < 4.78 is 2.00. The highest BCUT2D eigenvalue weighted by Gasteiger charge is 2.14. The maximum Gasteiger partial charge on any atom is 0.0543 e. The van der Waals surface area contributed by atoms with Gasteiger partial charge in [-0.05, 0) is 39.3 Å². The largest absolute Gasteiger partial charge is 0.306 e. The van der Waals surface area contributed by atoms with E-state index in [9.17, 15) is 0 Å². The molecule has 0 saturated heterocycles. The summed E-state index contributed by atoms with van der Waals surface area (Å²) in [6.07, 6.45) is 7.72. The van der Waals surface area contributed by atoms with E-state index in [2.05, 4.69) is 55.4 Å². The van der Waals surface area contributed by atoms with Crippen molar-refractivity contribution in [3.8, 4) is 0 Å². The van der Waals surface area contributed by atoms with Crippen molar-refractivity contribution >= 4 is 0 Å². The number of pyridine rings is 1. The van der Waals surface area contributed by atoms with Gasteiger partial charge in [0, 0.05) is 36.7 Å². The SMILES string of the molecule is C[C@@H](NCc1cnn(C(C)(C)C)c1)c1cccnc1. The quantitative estimate of drug-likeness (QED) is 0.917. The van der Waals surface area contributed by atoms with Gasteiger partial charge in [-0.15, -0.1) is 0 Å². The van der Waals surface area contributed by atoms with E-state index in [-0.39, 0.29) is 11.6 Å². The molecule has 0 saturated carbocycles. The summed E-state index contributed by atoms with van der Waals surface area (Å²) in [6.45, 7) is 9.40. The predicted octanol–water partition coefficient (Wildman–Crippen LogP) is 2.88. The number of hydrogen-bond donors (Lipinski definition) is 1. The summed E-state index contributed by atoms with van der Waals surface area (Å²) >= 11 is 0. The van der Waals surface area contributed by atoms with E-state index >= 15 is 0 Å². The van der Waals surface area contributed by atoms with Crippen LogP contribution in [0.15, 0.2) is 36.9 Å². The molecule has 0 fully saturated rings. The molecule has 0 aliphatic heterocycles. The molecule has 4 nitrogen and oxygen atoms in total. The van der Waals surface area contributed by atoms with Crippen molar-refractivity contribution in [1.82, 2.24) is 20.1 Å². The van der Waals surface area contributed by atoms with Gasteiger partial charge in [0.2, 0.25) is 0 Å². The van der Waals surface area contributed by atoms with Crippen molar-refractivity contribution in [2.24, 2.45) is 0 Å². The zero-order chi connectivity index (χ0) is 13.9. The first kappa shape index (κ1) is 13.7. The predicted molar refractivity (Wildman–Crippen MR) is 76.7 cm³/mol. The van der Waals surface area contributed by atoms with Gasteiger partial charge in [-0.3, -0.25) is 9.67 Å². The fourth-order valence-corrected chi connectivity index (χ4v) is 1.84. The minimum Gasteiger partial charge on any atom is -0.306 e. The summed E-state index contributed by atoms with van der Waals surface area (Å²) in [6, 6.07) is 4.33. The van der Waals surface area contributed by atoms with E-state index in [0.29, 0.717) is 0 Å². The molecule has 4 heteroatoms. The molecule has 2 rings (SSSR count). The molecule has 0 amide bonds. The first-order valence-corrected chi connectivity index (χ1v) is 6.64. The maximum absolute atomic E-state index is 4.40. The van der Waals surface area contributed by atoms with E-state index in [1.165, 1.54) is 11.1 Å². The second-order valence-corrected chi connectivity index (χ2v) is 5.85. The molecule has 0 unspecified atom stereocenters. The van der Waals surface area contributed by atoms with Gasteiger partial charge in [0.25, 0.3) is 0 Å². The third-order valence-electron chi connectivity index (χ3n) is 3.12. The first-order chi connectivity index (χ1) is 8.97. The second kappa shape index (κ2) is 5.53. The molecule has 2 heterocycles. The molecule has 102 valence electrons. The van der Waals surface area contributed by atoms with E-state index in [0.717, 1.165) is 6.54 Å². The number of rotatable bonds is 4. The Morgan fingerprint density at radius 1 is 1.32 bits per heavy atom. The average Bonchev–Trinajstić information content (AvgIpc) is 2.86. The maximum atomic E-state index is 4.40. The molecule has 19 heavy (non-hydrogen) atoms. The van der Waals surface area contributed by atoms with E-state index in [4.69, 9.17) is 0 Å². The average molecular weight is 258 g/mol. The molecule has 0 radical (unpaired) electrons. The van der Waals surface area contributed by atoms with Crippen LogP contribution in [-0.2, 0) is 12.1 Å². The molecule has 1 N–H and O–H groups in total. The molecule has 1 atom stereocenters. The van der Waals surface area contributed by atoms with Crippen LogP contribution in [0.4, 0.5) is 0 Å².